The first-order valence-corrected chi connectivity index (χ1v) is 9.50. The van der Waals surface area contributed by atoms with Crippen molar-refractivity contribution >= 4 is 11.6 Å². The van der Waals surface area contributed by atoms with Gasteiger partial charge in [0.05, 0.1) is 12.5 Å². The number of piperidine rings is 1. The van der Waals surface area contributed by atoms with Crippen LogP contribution in [0.1, 0.15) is 31.2 Å². The molecule has 1 amide bonds. The monoisotopic (exact) mass is 345 g/mol. The quantitative estimate of drug-likeness (QED) is 0.857. The van der Waals surface area contributed by atoms with Gasteiger partial charge in [0.25, 0.3) is 0 Å². The second-order valence-corrected chi connectivity index (χ2v) is 7.52. The lowest BCUT2D eigenvalue weighted by molar-refractivity contribution is -0.121. The van der Waals surface area contributed by atoms with Crippen molar-refractivity contribution in [2.45, 2.75) is 44.2 Å². The lowest BCUT2D eigenvalue weighted by Gasteiger charge is -2.33. The minimum Gasteiger partial charge on any atom is -0.378 e. The molecule has 5 heteroatoms. The summed E-state index contributed by atoms with van der Waals surface area (Å²) in [6, 6.07) is 8.52. The molecule has 2 aliphatic heterocycles. The van der Waals surface area contributed by atoms with Gasteiger partial charge in [-0.2, -0.15) is 0 Å². The molecule has 0 unspecified atom stereocenters. The molecule has 138 valence electrons. The van der Waals surface area contributed by atoms with Crippen LogP contribution in [0, 0.1) is 0 Å². The Morgan fingerprint density at radius 2 is 1.92 bits per heavy atom. The van der Waals surface area contributed by atoms with E-state index in [1.54, 1.807) is 0 Å². The van der Waals surface area contributed by atoms with Crippen LogP contribution in [-0.2, 0) is 16.0 Å². The van der Waals surface area contributed by atoms with Crippen molar-refractivity contribution in [1.82, 2.24) is 10.2 Å². The van der Waals surface area contributed by atoms with Crippen molar-refractivity contribution in [3.05, 3.63) is 29.8 Å². The molecule has 2 aliphatic rings. The standard InChI is InChI=1S/C20H31N3O2/c1-22(2)18-7-5-16(6-8-18)14-20(24)21-17-9-11-23(12-10-17)15-19-4-3-13-25-19/h5-8,17,19H,3-4,9-15H2,1-2H3,(H,21,24)/t19-/m1/s1. The number of ether oxygens (including phenoxy) is 1. The summed E-state index contributed by atoms with van der Waals surface area (Å²) in [7, 11) is 4.04. The molecule has 0 radical (unpaired) electrons. The van der Waals surface area contributed by atoms with Crippen molar-refractivity contribution in [3.63, 3.8) is 0 Å². The minimum atomic E-state index is 0.134. The summed E-state index contributed by atoms with van der Waals surface area (Å²) >= 11 is 0. The minimum absolute atomic E-state index is 0.134. The van der Waals surface area contributed by atoms with Gasteiger partial charge in [-0.15, -0.1) is 0 Å². The molecule has 2 fully saturated rings. The van der Waals surface area contributed by atoms with Gasteiger partial charge in [-0.3, -0.25) is 4.79 Å². The molecular formula is C20H31N3O2. The van der Waals surface area contributed by atoms with Crippen molar-refractivity contribution in [1.29, 1.82) is 0 Å². The third kappa shape index (κ3) is 5.44. The number of amides is 1. The number of likely N-dealkylation sites (tertiary alicyclic amines) is 1. The van der Waals surface area contributed by atoms with E-state index in [0.717, 1.165) is 50.3 Å². The SMILES string of the molecule is CN(C)c1ccc(CC(=O)NC2CCN(C[C@H]3CCCO3)CC2)cc1. The molecule has 0 spiro atoms. The number of nitrogens with zero attached hydrogens (tertiary/aromatic N) is 2. The van der Waals surface area contributed by atoms with Crippen LogP contribution < -0.4 is 10.2 Å². The molecular weight excluding hydrogens is 314 g/mol. The number of carbonyl (C=O) groups is 1. The zero-order chi connectivity index (χ0) is 17.6. The Labute approximate surface area is 151 Å². The van der Waals surface area contributed by atoms with Gasteiger partial charge in [0.2, 0.25) is 5.91 Å². The maximum Gasteiger partial charge on any atom is 0.224 e. The Hall–Kier alpha value is -1.59. The maximum atomic E-state index is 12.3. The Kier molecular flexibility index (Phi) is 6.32. The van der Waals surface area contributed by atoms with E-state index in [1.807, 2.05) is 26.2 Å². The van der Waals surface area contributed by atoms with E-state index in [1.165, 1.54) is 12.8 Å². The predicted octanol–water partition coefficient (Wildman–Crippen LogP) is 2.05. The third-order valence-corrected chi connectivity index (χ3v) is 5.26. The fourth-order valence-corrected chi connectivity index (χ4v) is 3.71. The molecule has 3 rings (SSSR count). The van der Waals surface area contributed by atoms with Crippen molar-refractivity contribution in [3.8, 4) is 0 Å². The molecule has 1 atom stereocenters. The molecule has 0 aromatic heterocycles. The van der Waals surface area contributed by atoms with Crippen molar-refractivity contribution < 1.29 is 9.53 Å². The van der Waals surface area contributed by atoms with Crippen LogP contribution in [0.4, 0.5) is 5.69 Å². The van der Waals surface area contributed by atoms with Crippen LogP contribution in [-0.4, -0.2) is 63.3 Å². The molecule has 5 nitrogen and oxygen atoms in total. The highest BCUT2D eigenvalue weighted by Crippen LogP contribution is 2.17. The van der Waals surface area contributed by atoms with Gasteiger partial charge in [-0.25, -0.2) is 0 Å². The third-order valence-electron chi connectivity index (χ3n) is 5.26. The van der Waals surface area contributed by atoms with Crippen LogP contribution in [0.25, 0.3) is 0 Å². The molecule has 0 aliphatic carbocycles. The highest BCUT2D eigenvalue weighted by molar-refractivity contribution is 5.79. The summed E-state index contributed by atoms with van der Waals surface area (Å²) in [5.74, 6) is 0.134. The number of nitrogens with one attached hydrogen (secondary N) is 1. The van der Waals surface area contributed by atoms with E-state index >= 15 is 0 Å². The summed E-state index contributed by atoms with van der Waals surface area (Å²) in [6.07, 6.45) is 5.37. The number of benzene rings is 1. The molecule has 1 aromatic carbocycles. The number of anilines is 1. The van der Waals surface area contributed by atoms with Gasteiger partial charge in [-0.1, -0.05) is 12.1 Å². The first-order chi connectivity index (χ1) is 12.1. The van der Waals surface area contributed by atoms with E-state index in [2.05, 4.69) is 27.2 Å². The highest BCUT2D eigenvalue weighted by atomic mass is 16.5. The largest absolute Gasteiger partial charge is 0.378 e. The lowest BCUT2D eigenvalue weighted by atomic mass is 10.0. The zero-order valence-corrected chi connectivity index (χ0v) is 15.5. The molecule has 1 aromatic rings. The van der Waals surface area contributed by atoms with Gasteiger partial charge in [-0.05, 0) is 43.4 Å². The van der Waals surface area contributed by atoms with E-state index < -0.39 is 0 Å². The Morgan fingerprint density at radius 3 is 2.52 bits per heavy atom. The zero-order valence-electron chi connectivity index (χ0n) is 15.5. The molecule has 2 heterocycles. The number of hydrogen-bond acceptors (Lipinski definition) is 4. The summed E-state index contributed by atoms with van der Waals surface area (Å²) in [5.41, 5.74) is 2.22. The highest BCUT2D eigenvalue weighted by Gasteiger charge is 2.24. The molecule has 0 bridgehead atoms. The van der Waals surface area contributed by atoms with Crippen LogP contribution in [0.2, 0.25) is 0 Å². The molecule has 0 saturated carbocycles. The van der Waals surface area contributed by atoms with E-state index in [9.17, 15) is 4.79 Å². The summed E-state index contributed by atoms with van der Waals surface area (Å²) in [4.78, 5) is 16.9. The normalized spacial score (nSPS) is 22.1. The second-order valence-electron chi connectivity index (χ2n) is 7.52. The van der Waals surface area contributed by atoms with Gasteiger partial charge >= 0.3 is 0 Å². The van der Waals surface area contributed by atoms with E-state index in [-0.39, 0.29) is 5.91 Å². The summed E-state index contributed by atoms with van der Waals surface area (Å²) < 4.78 is 5.72. The van der Waals surface area contributed by atoms with Crippen LogP contribution in [0.15, 0.2) is 24.3 Å². The van der Waals surface area contributed by atoms with Crippen molar-refractivity contribution in [2.75, 3.05) is 45.2 Å². The second kappa shape index (κ2) is 8.68. The first-order valence-electron chi connectivity index (χ1n) is 9.50. The smallest absolute Gasteiger partial charge is 0.224 e. The first kappa shape index (κ1) is 18.2. The van der Waals surface area contributed by atoms with E-state index in [4.69, 9.17) is 4.74 Å². The average molecular weight is 345 g/mol. The summed E-state index contributed by atoms with van der Waals surface area (Å²) in [6.45, 7) is 4.09. The van der Waals surface area contributed by atoms with Crippen LogP contribution in [0.5, 0.6) is 0 Å². The van der Waals surface area contributed by atoms with Crippen molar-refractivity contribution in [2.24, 2.45) is 0 Å². The number of carbonyl (C=O) groups excluding carboxylic acids is 1. The topological polar surface area (TPSA) is 44.8 Å². The lowest BCUT2D eigenvalue weighted by Crippen LogP contribution is -2.46. The Balaban J connectivity index is 1.38. The van der Waals surface area contributed by atoms with Gasteiger partial charge in [0, 0.05) is 52.1 Å². The van der Waals surface area contributed by atoms with E-state index in [0.29, 0.717) is 18.6 Å². The number of rotatable bonds is 6. The fraction of sp³-hybridized carbons (Fsp3) is 0.650. The van der Waals surface area contributed by atoms with Crippen LogP contribution in [0.3, 0.4) is 0 Å². The van der Waals surface area contributed by atoms with Gasteiger partial charge < -0.3 is 19.9 Å². The molecule has 1 N–H and O–H groups in total. The maximum absolute atomic E-state index is 12.3. The Bertz CT molecular complexity index is 545. The van der Waals surface area contributed by atoms with Gasteiger partial charge in [0.1, 0.15) is 0 Å². The average Bonchev–Trinajstić information content (AvgIpc) is 3.10. The molecule has 25 heavy (non-hydrogen) atoms. The predicted molar refractivity (Wildman–Crippen MR) is 101 cm³/mol. The summed E-state index contributed by atoms with van der Waals surface area (Å²) in [5, 5.41) is 3.21. The van der Waals surface area contributed by atoms with Crippen LogP contribution >= 0.6 is 0 Å². The Morgan fingerprint density at radius 1 is 1.20 bits per heavy atom. The fourth-order valence-electron chi connectivity index (χ4n) is 3.71. The van der Waals surface area contributed by atoms with Gasteiger partial charge in [0.15, 0.2) is 0 Å². The number of hydrogen-bond donors (Lipinski definition) is 1. The molecule has 2 saturated heterocycles.